The van der Waals surface area contributed by atoms with Crippen LogP contribution < -0.4 is 14.8 Å². The molecule has 0 saturated carbocycles. The molecule has 1 aliphatic heterocycles. The smallest absolute Gasteiger partial charge is 0.306 e. The van der Waals surface area contributed by atoms with Gasteiger partial charge in [-0.05, 0) is 30.3 Å². The van der Waals surface area contributed by atoms with Crippen molar-refractivity contribution in [3.8, 4) is 11.5 Å². The Morgan fingerprint density at radius 1 is 1.03 bits per heavy atom. The highest BCUT2D eigenvalue weighted by molar-refractivity contribution is 6.33. The number of rotatable bonds is 9. The number of ketones is 1. The maximum Gasteiger partial charge on any atom is 0.306 e. The van der Waals surface area contributed by atoms with Gasteiger partial charge < -0.3 is 24.4 Å². The summed E-state index contributed by atoms with van der Waals surface area (Å²) in [5.41, 5.74) is 0.825. The molecular weight excluding hydrogens is 452 g/mol. The number of fused-ring (bicyclic) bond motifs is 1. The molecule has 1 heterocycles. The minimum atomic E-state index is -0.692. The number of para-hydroxylation sites is 1. The predicted octanol–water partition coefficient (Wildman–Crippen LogP) is 2.71. The number of benzene rings is 2. The van der Waals surface area contributed by atoms with Crippen LogP contribution in [-0.4, -0.2) is 61.9 Å². The number of ether oxygens (including phenoxy) is 3. The van der Waals surface area contributed by atoms with Crippen LogP contribution in [0.5, 0.6) is 11.5 Å². The van der Waals surface area contributed by atoms with E-state index in [4.69, 9.17) is 25.8 Å². The van der Waals surface area contributed by atoms with Crippen LogP contribution in [0.25, 0.3) is 0 Å². The van der Waals surface area contributed by atoms with E-state index in [1.807, 2.05) is 0 Å². The molecule has 0 radical (unpaired) electrons. The van der Waals surface area contributed by atoms with Crippen molar-refractivity contribution in [2.24, 2.45) is 0 Å². The van der Waals surface area contributed by atoms with Gasteiger partial charge in [0.2, 0.25) is 5.91 Å². The fraction of sp³-hybridized carbons (Fsp3) is 0.304. The van der Waals surface area contributed by atoms with Crippen LogP contribution in [0, 0.1) is 0 Å². The van der Waals surface area contributed by atoms with Crippen molar-refractivity contribution >= 4 is 40.9 Å². The van der Waals surface area contributed by atoms with E-state index in [0.717, 1.165) is 4.90 Å². The molecule has 10 heteroatoms. The van der Waals surface area contributed by atoms with Crippen LogP contribution in [-0.2, 0) is 19.1 Å². The zero-order chi connectivity index (χ0) is 23.8. The first-order valence-corrected chi connectivity index (χ1v) is 10.6. The summed E-state index contributed by atoms with van der Waals surface area (Å²) in [6, 6.07) is 11.5. The van der Waals surface area contributed by atoms with Crippen molar-refractivity contribution in [1.82, 2.24) is 4.90 Å². The molecule has 174 valence electrons. The molecule has 3 rings (SSSR count). The number of halogens is 1. The number of hydrogen-bond acceptors (Lipinski definition) is 7. The second-order valence-electron chi connectivity index (χ2n) is 7.22. The number of amides is 2. The largest absolute Gasteiger partial charge is 0.486 e. The Bertz CT molecular complexity index is 1060. The zero-order valence-corrected chi connectivity index (χ0v) is 18.7. The number of likely N-dealkylation sites (N-methyl/N-ethyl adjacent to an activating group) is 1. The normalized spacial score (nSPS) is 11.9. The molecule has 0 saturated heterocycles. The Kier molecular flexibility index (Phi) is 8.26. The molecule has 0 fully saturated rings. The lowest BCUT2D eigenvalue weighted by atomic mass is 10.1. The van der Waals surface area contributed by atoms with Crippen LogP contribution in [0.3, 0.4) is 0 Å². The summed E-state index contributed by atoms with van der Waals surface area (Å²) in [4.78, 5) is 49.7. The van der Waals surface area contributed by atoms with E-state index < -0.39 is 24.4 Å². The summed E-state index contributed by atoms with van der Waals surface area (Å²) in [5, 5.41) is 2.98. The van der Waals surface area contributed by atoms with Crippen molar-refractivity contribution < 1.29 is 33.4 Å². The molecule has 9 nitrogen and oxygen atoms in total. The highest BCUT2D eigenvalue weighted by Crippen LogP contribution is 2.31. The Balaban J connectivity index is 1.39. The summed E-state index contributed by atoms with van der Waals surface area (Å²) >= 11 is 5.99. The highest BCUT2D eigenvalue weighted by atomic mass is 35.5. The third-order valence-corrected chi connectivity index (χ3v) is 5.06. The molecule has 2 aromatic carbocycles. The van der Waals surface area contributed by atoms with E-state index in [0.29, 0.717) is 41.0 Å². The number of anilines is 1. The van der Waals surface area contributed by atoms with Gasteiger partial charge in [0.1, 0.15) is 13.2 Å². The molecule has 0 spiro atoms. The van der Waals surface area contributed by atoms with Crippen LogP contribution in [0.4, 0.5) is 5.69 Å². The van der Waals surface area contributed by atoms with Gasteiger partial charge in [0.25, 0.3) is 5.91 Å². The second kappa shape index (κ2) is 11.3. The molecular formula is C23H23ClN2O7. The van der Waals surface area contributed by atoms with Crippen LogP contribution in [0.15, 0.2) is 42.5 Å². The lowest BCUT2D eigenvalue weighted by Gasteiger charge is -2.18. The number of carbonyl (C=O) groups is 4. The quantitative estimate of drug-likeness (QED) is 0.439. The molecule has 33 heavy (non-hydrogen) atoms. The zero-order valence-electron chi connectivity index (χ0n) is 18.0. The average Bonchev–Trinajstić information content (AvgIpc) is 2.82. The standard InChI is InChI=1S/C23H23ClN2O7/c1-26(13-21(28)25-17-5-3-2-4-16(17)24)22(29)14-33-23(30)9-7-18(27)15-6-8-19-20(12-15)32-11-10-31-19/h2-6,8,12H,7,9-11,13-14H2,1H3,(H,25,28). The number of nitrogens with one attached hydrogen (secondary N) is 1. The Hall–Kier alpha value is -3.59. The van der Waals surface area contributed by atoms with E-state index in [9.17, 15) is 19.2 Å². The number of esters is 1. The first-order valence-electron chi connectivity index (χ1n) is 10.2. The number of Topliss-reactive ketones (excluding diaryl/α,β-unsaturated/α-hetero) is 1. The Morgan fingerprint density at radius 2 is 1.76 bits per heavy atom. The molecule has 0 atom stereocenters. The van der Waals surface area contributed by atoms with E-state index in [-0.39, 0.29) is 25.2 Å². The third kappa shape index (κ3) is 6.95. The highest BCUT2D eigenvalue weighted by Gasteiger charge is 2.18. The van der Waals surface area contributed by atoms with E-state index >= 15 is 0 Å². The van der Waals surface area contributed by atoms with E-state index in [1.54, 1.807) is 42.5 Å². The van der Waals surface area contributed by atoms with Crippen LogP contribution >= 0.6 is 11.6 Å². The third-order valence-electron chi connectivity index (χ3n) is 4.73. The van der Waals surface area contributed by atoms with Gasteiger partial charge in [-0.3, -0.25) is 19.2 Å². The van der Waals surface area contributed by atoms with Crippen molar-refractivity contribution in [2.75, 3.05) is 38.7 Å². The first-order chi connectivity index (χ1) is 15.8. The van der Waals surface area contributed by atoms with Gasteiger partial charge in [-0.25, -0.2) is 0 Å². The van der Waals surface area contributed by atoms with Crippen molar-refractivity contribution in [3.63, 3.8) is 0 Å². The number of hydrogen-bond donors (Lipinski definition) is 1. The summed E-state index contributed by atoms with van der Waals surface area (Å²) < 4.78 is 15.8. The van der Waals surface area contributed by atoms with Gasteiger partial charge in [-0.2, -0.15) is 0 Å². The number of nitrogens with zero attached hydrogens (tertiary/aromatic N) is 1. The Morgan fingerprint density at radius 3 is 2.52 bits per heavy atom. The van der Waals surface area contributed by atoms with Gasteiger partial charge in [0.15, 0.2) is 23.9 Å². The van der Waals surface area contributed by atoms with Crippen molar-refractivity contribution in [3.05, 3.63) is 53.1 Å². The van der Waals surface area contributed by atoms with E-state index in [2.05, 4.69) is 5.32 Å². The summed E-state index contributed by atoms with van der Waals surface area (Å²) in [5.74, 6) is -0.903. The lowest BCUT2D eigenvalue weighted by molar-refractivity contribution is -0.151. The fourth-order valence-corrected chi connectivity index (χ4v) is 3.14. The molecule has 0 bridgehead atoms. The Labute approximate surface area is 195 Å². The SMILES string of the molecule is CN(CC(=O)Nc1ccccc1Cl)C(=O)COC(=O)CCC(=O)c1ccc2c(c1)OCCO2. The second-order valence-corrected chi connectivity index (χ2v) is 7.63. The van der Waals surface area contributed by atoms with Crippen molar-refractivity contribution in [1.29, 1.82) is 0 Å². The van der Waals surface area contributed by atoms with Crippen LogP contribution in [0.2, 0.25) is 5.02 Å². The van der Waals surface area contributed by atoms with Gasteiger partial charge in [0, 0.05) is 19.0 Å². The molecule has 2 amide bonds. The van der Waals surface area contributed by atoms with Gasteiger partial charge in [0.05, 0.1) is 23.7 Å². The summed E-state index contributed by atoms with van der Waals surface area (Å²) in [6.45, 7) is 0.0737. The molecule has 2 aromatic rings. The van der Waals surface area contributed by atoms with E-state index in [1.165, 1.54) is 7.05 Å². The lowest BCUT2D eigenvalue weighted by Crippen LogP contribution is -2.37. The first kappa shape index (κ1) is 24.1. The summed E-state index contributed by atoms with van der Waals surface area (Å²) in [7, 11) is 1.41. The topological polar surface area (TPSA) is 111 Å². The summed E-state index contributed by atoms with van der Waals surface area (Å²) in [6.07, 6.45) is -0.264. The van der Waals surface area contributed by atoms with Crippen LogP contribution in [0.1, 0.15) is 23.2 Å². The molecule has 0 aromatic heterocycles. The van der Waals surface area contributed by atoms with Gasteiger partial charge in [-0.1, -0.05) is 23.7 Å². The molecule has 0 aliphatic carbocycles. The maximum atomic E-state index is 12.3. The number of carbonyl (C=O) groups excluding carboxylic acids is 4. The van der Waals surface area contributed by atoms with Gasteiger partial charge >= 0.3 is 5.97 Å². The predicted molar refractivity (Wildman–Crippen MR) is 120 cm³/mol. The van der Waals surface area contributed by atoms with Crippen molar-refractivity contribution in [2.45, 2.75) is 12.8 Å². The fourth-order valence-electron chi connectivity index (χ4n) is 2.96. The average molecular weight is 475 g/mol. The van der Waals surface area contributed by atoms with Gasteiger partial charge in [-0.15, -0.1) is 0 Å². The molecule has 0 unspecified atom stereocenters. The minimum Gasteiger partial charge on any atom is -0.486 e. The monoisotopic (exact) mass is 474 g/mol. The molecule has 1 aliphatic rings. The maximum absolute atomic E-state index is 12.3. The minimum absolute atomic E-state index is 0.0806. The molecule has 1 N–H and O–H groups in total.